The van der Waals surface area contributed by atoms with Crippen LogP contribution < -0.4 is 10.3 Å². The van der Waals surface area contributed by atoms with Gasteiger partial charge in [0, 0.05) is 17.8 Å². The van der Waals surface area contributed by atoms with Crippen molar-refractivity contribution in [1.82, 2.24) is 0 Å². The third-order valence-electron chi connectivity index (χ3n) is 5.70. The van der Waals surface area contributed by atoms with Crippen molar-refractivity contribution in [3.63, 3.8) is 0 Å². The van der Waals surface area contributed by atoms with E-state index < -0.39 is 16.9 Å². The van der Waals surface area contributed by atoms with Gasteiger partial charge in [-0.2, -0.15) is 0 Å². The molecule has 0 radical (unpaired) electrons. The number of nitro groups is 1. The molecule has 1 aromatic heterocycles. The largest absolute Gasteiger partial charge is 0.450 e. The Balaban J connectivity index is 1.83. The highest BCUT2D eigenvalue weighted by atomic mass is 16.6. The molecule has 2 heterocycles. The van der Waals surface area contributed by atoms with Crippen LogP contribution in [-0.4, -0.2) is 10.8 Å². The lowest BCUT2D eigenvalue weighted by molar-refractivity contribution is -0.384. The number of fused-ring (bicyclic) bond motifs is 2. The summed E-state index contributed by atoms with van der Waals surface area (Å²) in [6.45, 7) is 3.77. The molecule has 7 nitrogen and oxygen atoms in total. The molecule has 0 N–H and O–H groups in total. The minimum atomic E-state index is -0.847. The van der Waals surface area contributed by atoms with Gasteiger partial charge in [-0.3, -0.25) is 24.6 Å². The summed E-state index contributed by atoms with van der Waals surface area (Å²) in [4.78, 5) is 39.5. The maximum atomic E-state index is 13.6. The van der Waals surface area contributed by atoms with Crippen LogP contribution in [0.2, 0.25) is 0 Å². The van der Waals surface area contributed by atoms with E-state index in [0.29, 0.717) is 22.2 Å². The molecule has 0 fully saturated rings. The van der Waals surface area contributed by atoms with Crippen LogP contribution in [-0.2, 0) is 0 Å². The van der Waals surface area contributed by atoms with Crippen molar-refractivity contribution in [2.75, 3.05) is 4.90 Å². The standard InChI is InChI=1S/C25H18N2O5/c1-14-5-3-7-17(11-14)26-22(16-6-4-8-18(13-16)27(30)31)21-23(28)19-12-15(2)9-10-20(19)32-24(21)25(26)29/h3-13,22H,1-2H3. The SMILES string of the molecule is Cc1cccc(N2C(=O)c3oc4ccc(C)cc4c(=O)c3C2c2cccc([N+](=O)[O-])c2)c1. The lowest BCUT2D eigenvalue weighted by Gasteiger charge is -2.25. The van der Waals surface area contributed by atoms with Crippen LogP contribution in [0.3, 0.4) is 0 Å². The minimum Gasteiger partial charge on any atom is -0.450 e. The van der Waals surface area contributed by atoms with Crippen LogP contribution in [0, 0.1) is 24.0 Å². The lowest BCUT2D eigenvalue weighted by Crippen LogP contribution is -2.29. The molecule has 5 rings (SSSR count). The van der Waals surface area contributed by atoms with E-state index in [9.17, 15) is 19.7 Å². The zero-order valence-corrected chi connectivity index (χ0v) is 17.4. The van der Waals surface area contributed by atoms with Gasteiger partial charge >= 0.3 is 0 Å². The number of non-ortho nitro benzene ring substituents is 1. The van der Waals surface area contributed by atoms with Gasteiger partial charge in [0.25, 0.3) is 11.6 Å². The summed E-state index contributed by atoms with van der Waals surface area (Å²) in [6, 6.07) is 17.7. The first kappa shape index (κ1) is 19.7. The molecule has 0 spiro atoms. The number of anilines is 1. The Hall–Kier alpha value is -4.26. The summed E-state index contributed by atoms with van der Waals surface area (Å²) in [5.74, 6) is -0.494. The molecule has 0 saturated heterocycles. The van der Waals surface area contributed by atoms with E-state index in [1.165, 1.54) is 17.0 Å². The first-order valence-electron chi connectivity index (χ1n) is 10.1. The fourth-order valence-electron chi connectivity index (χ4n) is 4.25. The number of hydrogen-bond acceptors (Lipinski definition) is 5. The van der Waals surface area contributed by atoms with E-state index >= 15 is 0 Å². The van der Waals surface area contributed by atoms with Crippen molar-refractivity contribution in [3.05, 3.63) is 115 Å². The second kappa shape index (κ2) is 7.16. The zero-order chi connectivity index (χ0) is 22.6. The number of carbonyl (C=O) groups is 1. The Morgan fingerprint density at radius 3 is 2.44 bits per heavy atom. The van der Waals surface area contributed by atoms with Crippen LogP contribution in [0.15, 0.2) is 75.9 Å². The quantitative estimate of drug-likeness (QED) is 0.337. The average Bonchev–Trinajstić information content (AvgIpc) is 3.07. The summed E-state index contributed by atoms with van der Waals surface area (Å²) in [5.41, 5.74) is 2.95. The molecule has 4 aromatic rings. The lowest BCUT2D eigenvalue weighted by atomic mass is 9.97. The summed E-state index contributed by atoms with van der Waals surface area (Å²) >= 11 is 0. The molecule has 1 atom stereocenters. The van der Waals surface area contributed by atoms with Gasteiger partial charge in [-0.1, -0.05) is 35.9 Å². The number of rotatable bonds is 3. The summed E-state index contributed by atoms with van der Waals surface area (Å²) < 4.78 is 5.94. The van der Waals surface area contributed by atoms with E-state index in [4.69, 9.17) is 4.42 Å². The Morgan fingerprint density at radius 2 is 1.69 bits per heavy atom. The number of amides is 1. The zero-order valence-electron chi connectivity index (χ0n) is 17.4. The van der Waals surface area contributed by atoms with Crippen molar-refractivity contribution in [2.24, 2.45) is 0 Å². The molecule has 32 heavy (non-hydrogen) atoms. The van der Waals surface area contributed by atoms with Gasteiger partial charge in [-0.15, -0.1) is 0 Å². The number of nitrogens with zero attached hydrogens (tertiary/aromatic N) is 2. The van der Waals surface area contributed by atoms with Gasteiger partial charge in [0.05, 0.1) is 21.9 Å². The van der Waals surface area contributed by atoms with Crippen molar-refractivity contribution < 1.29 is 14.1 Å². The second-order valence-corrected chi connectivity index (χ2v) is 7.94. The molecule has 1 amide bonds. The first-order chi connectivity index (χ1) is 15.3. The Bertz CT molecular complexity index is 1490. The molecular formula is C25H18N2O5. The maximum Gasteiger partial charge on any atom is 0.295 e. The number of nitro benzene ring substituents is 1. The predicted molar refractivity (Wildman–Crippen MR) is 120 cm³/mol. The summed E-state index contributed by atoms with van der Waals surface area (Å²) in [6.07, 6.45) is 0. The van der Waals surface area contributed by atoms with Gasteiger partial charge in [0.1, 0.15) is 5.58 Å². The molecule has 1 aliphatic rings. The van der Waals surface area contributed by atoms with Crippen LogP contribution >= 0.6 is 0 Å². The van der Waals surface area contributed by atoms with Gasteiger partial charge in [-0.25, -0.2) is 0 Å². The van der Waals surface area contributed by atoms with E-state index in [2.05, 4.69) is 0 Å². The van der Waals surface area contributed by atoms with Crippen LogP contribution in [0.1, 0.15) is 38.9 Å². The van der Waals surface area contributed by atoms with Crippen LogP contribution in [0.5, 0.6) is 0 Å². The van der Waals surface area contributed by atoms with Gasteiger partial charge in [0.2, 0.25) is 5.76 Å². The number of hydrogen-bond donors (Lipinski definition) is 0. The normalized spacial score (nSPS) is 15.2. The van der Waals surface area contributed by atoms with Gasteiger partial charge < -0.3 is 4.42 Å². The maximum absolute atomic E-state index is 13.6. The highest BCUT2D eigenvalue weighted by Gasteiger charge is 2.44. The predicted octanol–water partition coefficient (Wildman–Crippen LogP) is 5.07. The highest BCUT2D eigenvalue weighted by molar-refractivity contribution is 6.10. The molecule has 7 heteroatoms. The second-order valence-electron chi connectivity index (χ2n) is 7.94. The Labute approximate surface area is 182 Å². The topological polar surface area (TPSA) is 93.7 Å². The van der Waals surface area contributed by atoms with Crippen LogP contribution in [0.4, 0.5) is 11.4 Å². The fourth-order valence-corrected chi connectivity index (χ4v) is 4.25. The fraction of sp³-hybridized carbons (Fsp3) is 0.120. The van der Waals surface area contributed by atoms with Crippen molar-refractivity contribution in [2.45, 2.75) is 19.9 Å². The van der Waals surface area contributed by atoms with E-state index in [1.54, 1.807) is 30.3 Å². The van der Waals surface area contributed by atoms with Crippen molar-refractivity contribution >= 4 is 28.3 Å². The monoisotopic (exact) mass is 426 g/mol. The van der Waals surface area contributed by atoms with E-state index in [-0.39, 0.29) is 22.4 Å². The molecule has 1 unspecified atom stereocenters. The summed E-state index contributed by atoms with van der Waals surface area (Å²) in [5, 5.41) is 11.8. The molecule has 158 valence electrons. The van der Waals surface area contributed by atoms with E-state index in [1.807, 2.05) is 38.1 Å². The molecule has 3 aromatic carbocycles. The smallest absolute Gasteiger partial charge is 0.295 e. The number of carbonyl (C=O) groups excluding carboxylic acids is 1. The van der Waals surface area contributed by atoms with E-state index in [0.717, 1.165) is 11.1 Å². The minimum absolute atomic E-state index is 0.0376. The molecule has 0 saturated carbocycles. The Morgan fingerprint density at radius 1 is 0.938 bits per heavy atom. The third kappa shape index (κ3) is 2.98. The molecule has 0 aliphatic carbocycles. The summed E-state index contributed by atoms with van der Waals surface area (Å²) in [7, 11) is 0. The molecule has 1 aliphatic heterocycles. The number of aryl methyl sites for hydroxylation is 2. The molecule has 0 bridgehead atoms. The first-order valence-corrected chi connectivity index (χ1v) is 10.1. The van der Waals surface area contributed by atoms with Crippen LogP contribution in [0.25, 0.3) is 11.0 Å². The molecular weight excluding hydrogens is 408 g/mol. The van der Waals surface area contributed by atoms with Crippen molar-refractivity contribution in [3.8, 4) is 0 Å². The highest BCUT2D eigenvalue weighted by Crippen LogP contribution is 2.42. The van der Waals surface area contributed by atoms with Gasteiger partial charge in [-0.05, 0) is 49.2 Å². The number of benzene rings is 3. The Kier molecular flexibility index (Phi) is 4.41. The third-order valence-corrected chi connectivity index (χ3v) is 5.70. The van der Waals surface area contributed by atoms with Gasteiger partial charge in [0.15, 0.2) is 5.43 Å². The van der Waals surface area contributed by atoms with Crippen molar-refractivity contribution in [1.29, 1.82) is 0 Å². The average molecular weight is 426 g/mol.